The minimum Gasteiger partial charge on any atom is -0.326 e. The molecule has 100 valence electrons. The van der Waals surface area contributed by atoms with Crippen LogP contribution in [0.1, 0.15) is 19.3 Å². The second-order valence-corrected chi connectivity index (χ2v) is 7.85. The Kier molecular flexibility index (Phi) is 4.48. The van der Waals surface area contributed by atoms with Crippen LogP contribution < -0.4 is 10.5 Å². The smallest absolute Gasteiger partial charge is 0.241 e. The van der Waals surface area contributed by atoms with Gasteiger partial charge in [0.2, 0.25) is 10.0 Å². The molecule has 3 N–H and O–H groups in total. The van der Waals surface area contributed by atoms with Crippen molar-refractivity contribution in [3.8, 4) is 0 Å². The minimum absolute atomic E-state index is 0.0889. The van der Waals surface area contributed by atoms with Crippen molar-refractivity contribution in [2.24, 2.45) is 5.73 Å². The summed E-state index contributed by atoms with van der Waals surface area (Å²) in [6.45, 7) is 0. The van der Waals surface area contributed by atoms with E-state index < -0.39 is 10.0 Å². The molecule has 0 bridgehead atoms. The van der Waals surface area contributed by atoms with Crippen LogP contribution in [0.25, 0.3) is 0 Å². The predicted octanol–water partition coefficient (Wildman–Crippen LogP) is 2.37. The quantitative estimate of drug-likeness (QED) is 0.822. The molecule has 1 aliphatic rings. The van der Waals surface area contributed by atoms with E-state index in [4.69, 9.17) is 5.73 Å². The Bertz CT molecular complexity index is 548. The molecule has 1 aromatic carbocycles. The lowest BCUT2D eigenvalue weighted by Gasteiger charge is -2.18. The van der Waals surface area contributed by atoms with Gasteiger partial charge in [0.1, 0.15) is 0 Å². The fourth-order valence-corrected chi connectivity index (χ4v) is 5.16. The topological polar surface area (TPSA) is 72.2 Å². The summed E-state index contributed by atoms with van der Waals surface area (Å²) in [5, 5.41) is 0. The van der Waals surface area contributed by atoms with Gasteiger partial charge in [0.05, 0.1) is 4.90 Å². The van der Waals surface area contributed by atoms with Crippen LogP contribution in [0.3, 0.4) is 0 Å². The second-order valence-electron chi connectivity index (χ2n) is 4.40. The Morgan fingerprint density at radius 1 is 1.28 bits per heavy atom. The number of hydrogen-bond acceptors (Lipinski definition) is 3. The van der Waals surface area contributed by atoms with E-state index in [1.54, 1.807) is 18.2 Å². The van der Waals surface area contributed by atoms with Gasteiger partial charge in [-0.1, -0.05) is 22.4 Å². The largest absolute Gasteiger partial charge is 0.326 e. The molecule has 2 unspecified atom stereocenters. The first kappa shape index (κ1) is 14.5. The van der Waals surface area contributed by atoms with E-state index in [0.717, 1.165) is 23.7 Å². The Hall–Kier alpha value is 0.0500. The van der Waals surface area contributed by atoms with Crippen molar-refractivity contribution in [2.45, 2.75) is 36.2 Å². The summed E-state index contributed by atoms with van der Waals surface area (Å²) in [6.07, 6.45) is 2.64. The maximum Gasteiger partial charge on any atom is 0.241 e. The van der Waals surface area contributed by atoms with Crippen molar-refractivity contribution in [3.05, 3.63) is 27.1 Å². The lowest BCUT2D eigenvalue weighted by Crippen LogP contribution is -2.43. The standard InChI is InChI=1S/C11H14Br2N2O2S/c12-7-4-5-11(8(13)6-7)18(16,17)15-10-3-1-2-9(10)14/h4-6,9-10,15H,1-3,14H2. The minimum atomic E-state index is -3.52. The molecule has 2 rings (SSSR count). The molecule has 0 spiro atoms. The monoisotopic (exact) mass is 396 g/mol. The molecule has 1 saturated carbocycles. The van der Waals surface area contributed by atoms with Crippen molar-refractivity contribution < 1.29 is 8.42 Å². The predicted molar refractivity (Wildman–Crippen MR) is 77.8 cm³/mol. The molecule has 1 fully saturated rings. The molecule has 0 amide bonds. The van der Waals surface area contributed by atoms with E-state index in [1.165, 1.54) is 0 Å². The summed E-state index contributed by atoms with van der Waals surface area (Å²) >= 11 is 6.56. The van der Waals surface area contributed by atoms with E-state index in [0.29, 0.717) is 4.47 Å². The summed E-state index contributed by atoms with van der Waals surface area (Å²) in [5.74, 6) is 0. The maximum absolute atomic E-state index is 12.3. The van der Waals surface area contributed by atoms with Crippen LogP contribution in [0, 0.1) is 0 Å². The molecule has 0 radical (unpaired) electrons. The second kappa shape index (κ2) is 5.58. The van der Waals surface area contributed by atoms with E-state index in [-0.39, 0.29) is 17.0 Å². The van der Waals surface area contributed by atoms with E-state index in [9.17, 15) is 8.42 Å². The van der Waals surface area contributed by atoms with Crippen molar-refractivity contribution in [1.82, 2.24) is 4.72 Å². The van der Waals surface area contributed by atoms with E-state index in [2.05, 4.69) is 36.6 Å². The summed E-state index contributed by atoms with van der Waals surface area (Å²) in [5.41, 5.74) is 5.88. The summed E-state index contributed by atoms with van der Waals surface area (Å²) in [4.78, 5) is 0.241. The van der Waals surface area contributed by atoms with Gasteiger partial charge in [-0.15, -0.1) is 0 Å². The molecule has 18 heavy (non-hydrogen) atoms. The molecule has 4 nitrogen and oxygen atoms in total. The molecule has 1 aliphatic carbocycles. The van der Waals surface area contributed by atoms with Crippen molar-refractivity contribution in [3.63, 3.8) is 0 Å². The van der Waals surface area contributed by atoms with Gasteiger partial charge in [0.15, 0.2) is 0 Å². The van der Waals surface area contributed by atoms with E-state index in [1.807, 2.05) is 0 Å². The Labute approximate surface area is 124 Å². The van der Waals surface area contributed by atoms with Crippen LogP contribution in [0.4, 0.5) is 0 Å². The van der Waals surface area contributed by atoms with Gasteiger partial charge in [0.25, 0.3) is 0 Å². The molecule has 0 saturated heterocycles. The lowest BCUT2D eigenvalue weighted by molar-refractivity contribution is 0.522. The molecule has 0 aromatic heterocycles. The highest BCUT2D eigenvalue weighted by atomic mass is 79.9. The SMILES string of the molecule is NC1CCCC1NS(=O)(=O)c1ccc(Br)cc1Br. The number of halogens is 2. The fourth-order valence-electron chi connectivity index (χ4n) is 2.09. The average molecular weight is 398 g/mol. The number of nitrogens with two attached hydrogens (primary N) is 1. The fraction of sp³-hybridized carbons (Fsp3) is 0.455. The summed E-state index contributed by atoms with van der Waals surface area (Å²) in [6, 6.07) is 4.73. The Balaban J connectivity index is 2.25. The zero-order chi connectivity index (χ0) is 13.3. The number of nitrogens with one attached hydrogen (secondary N) is 1. The lowest BCUT2D eigenvalue weighted by atomic mass is 10.2. The molecule has 1 aromatic rings. The number of benzene rings is 1. The third kappa shape index (κ3) is 3.14. The first-order valence-corrected chi connectivity index (χ1v) is 8.70. The normalized spacial score (nSPS) is 24.4. The first-order chi connectivity index (χ1) is 8.40. The van der Waals surface area contributed by atoms with Gasteiger partial charge in [-0.2, -0.15) is 0 Å². The van der Waals surface area contributed by atoms with Crippen LogP contribution in [0.15, 0.2) is 32.0 Å². The molecular formula is C11H14Br2N2O2S. The van der Waals surface area contributed by atoms with Crippen molar-refractivity contribution in [2.75, 3.05) is 0 Å². The molecular weight excluding hydrogens is 384 g/mol. The molecule has 2 atom stereocenters. The van der Waals surface area contributed by atoms with Crippen LogP contribution in [0.2, 0.25) is 0 Å². The maximum atomic E-state index is 12.3. The molecule has 7 heteroatoms. The number of hydrogen-bond donors (Lipinski definition) is 2. The molecule has 0 heterocycles. The third-order valence-electron chi connectivity index (χ3n) is 3.06. The first-order valence-electron chi connectivity index (χ1n) is 5.63. The number of rotatable bonds is 3. The van der Waals surface area contributed by atoms with Gasteiger partial charge in [-0.25, -0.2) is 13.1 Å². The summed E-state index contributed by atoms with van der Waals surface area (Å²) < 4.78 is 28.6. The average Bonchev–Trinajstić information content (AvgIpc) is 2.63. The Morgan fingerprint density at radius 3 is 2.56 bits per heavy atom. The molecule has 0 aliphatic heterocycles. The van der Waals surface area contributed by atoms with Crippen molar-refractivity contribution >= 4 is 41.9 Å². The highest BCUT2D eigenvalue weighted by molar-refractivity contribution is 9.11. The van der Waals surface area contributed by atoms with E-state index >= 15 is 0 Å². The van der Waals surface area contributed by atoms with Gasteiger partial charge in [-0.05, 0) is 47.0 Å². The van der Waals surface area contributed by atoms with Crippen molar-refractivity contribution in [1.29, 1.82) is 0 Å². The Morgan fingerprint density at radius 2 is 2.00 bits per heavy atom. The highest BCUT2D eigenvalue weighted by Gasteiger charge is 2.29. The highest BCUT2D eigenvalue weighted by Crippen LogP contribution is 2.27. The van der Waals surface area contributed by atoms with Crippen LogP contribution in [0.5, 0.6) is 0 Å². The van der Waals surface area contributed by atoms with Gasteiger partial charge < -0.3 is 5.73 Å². The van der Waals surface area contributed by atoms with Gasteiger partial charge in [0, 0.05) is 21.0 Å². The zero-order valence-corrected chi connectivity index (χ0v) is 13.6. The number of sulfonamides is 1. The summed E-state index contributed by atoms with van der Waals surface area (Å²) in [7, 11) is -3.52. The van der Waals surface area contributed by atoms with Crippen LogP contribution >= 0.6 is 31.9 Å². The van der Waals surface area contributed by atoms with Crippen LogP contribution in [-0.4, -0.2) is 20.5 Å². The third-order valence-corrected chi connectivity index (χ3v) is 6.02. The van der Waals surface area contributed by atoms with Gasteiger partial charge in [-0.3, -0.25) is 0 Å². The van der Waals surface area contributed by atoms with Crippen LogP contribution in [-0.2, 0) is 10.0 Å². The zero-order valence-electron chi connectivity index (χ0n) is 9.57. The van der Waals surface area contributed by atoms with Gasteiger partial charge >= 0.3 is 0 Å².